The fraction of sp³-hybridized carbons (Fsp3) is 0.538. The summed E-state index contributed by atoms with van der Waals surface area (Å²) < 4.78 is 32.0. The second-order valence-electron chi connectivity index (χ2n) is 4.38. The van der Waals surface area contributed by atoms with Crippen molar-refractivity contribution in [3.05, 3.63) is 35.4 Å². The van der Waals surface area contributed by atoms with E-state index >= 15 is 0 Å². The normalized spacial score (nSPS) is 21.7. The summed E-state index contributed by atoms with van der Waals surface area (Å²) in [6, 6.07) is 3.59. The Bertz CT molecular complexity index is 378. The van der Waals surface area contributed by atoms with E-state index in [4.69, 9.17) is 4.74 Å². The summed E-state index contributed by atoms with van der Waals surface area (Å²) in [5.74, 6) is -1.04. The predicted molar refractivity (Wildman–Crippen MR) is 61.7 cm³/mol. The summed E-state index contributed by atoms with van der Waals surface area (Å²) in [6.07, 6.45) is 2.98. The van der Waals surface area contributed by atoms with Gasteiger partial charge in [0, 0.05) is 24.3 Å². The van der Waals surface area contributed by atoms with Crippen LogP contribution in [-0.4, -0.2) is 19.8 Å². The van der Waals surface area contributed by atoms with E-state index in [0.717, 1.165) is 31.9 Å². The molecule has 0 saturated carbocycles. The van der Waals surface area contributed by atoms with Gasteiger partial charge in [-0.25, -0.2) is 8.78 Å². The number of ether oxygens (including phenoxy) is 1. The largest absolute Gasteiger partial charge is 0.378 e. The van der Waals surface area contributed by atoms with Gasteiger partial charge in [-0.2, -0.15) is 0 Å². The molecule has 1 aromatic carbocycles. The molecule has 2 rings (SSSR count). The molecule has 1 aliphatic rings. The number of halogens is 2. The molecular formula is C13H17F2NO. The van der Waals surface area contributed by atoms with Gasteiger partial charge in [-0.1, -0.05) is 6.07 Å². The molecule has 1 heterocycles. The predicted octanol–water partition coefficient (Wildman–Crippen LogP) is 2.79. The van der Waals surface area contributed by atoms with E-state index in [1.807, 2.05) is 0 Å². The maximum atomic E-state index is 13.6. The van der Waals surface area contributed by atoms with Crippen molar-refractivity contribution < 1.29 is 13.5 Å². The van der Waals surface area contributed by atoms with Crippen LogP contribution in [0, 0.1) is 11.6 Å². The van der Waals surface area contributed by atoms with E-state index in [-0.39, 0.29) is 12.1 Å². The van der Waals surface area contributed by atoms with Gasteiger partial charge in [0.2, 0.25) is 0 Å². The van der Waals surface area contributed by atoms with Crippen molar-refractivity contribution in [3.63, 3.8) is 0 Å². The quantitative estimate of drug-likeness (QED) is 0.875. The van der Waals surface area contributed by atoms with Gasteiger partial charge in [-0.15, -0.1) is 0 Å². The Kier molecular flexibility index (Phi) is 4.07. The summed E-state index contributed by atoms with van der Waals surface area (Å²) >= 11 is 0. The Morgan fingerprint density at radius 1 is 1.47 bits per heavy atom. The Hall–Kier alpha value is -1.00. The molecule has 2 unspecified atom stereocenters. The Labute approximate surface area is 100.0 Å². The van der Waals surface area contributed by atoms with E-state index in [9.17, 15) is 8.78 Å². The standard InChI is InChI=1S/C13H17F2NO/c1-16-13(8-10-3-2-6-17-10)11-5-4-9(14)7-12(11)15/h4-5,7,10,13,16H,2-3,6,8H2,1H3. The Morgan fingerprint density at radius 3 is 2.88 bits per heavy atom. The Morgan fingerprint density at radius 2 is 2.29 bits per heavy atom. The van der Waals surface area contributed by atoms with Crippen molar-refractivity contribution in [1.82, 2.24) is 5.32 Å². The minimum Gasteiger partial charge on any atom is -0.378 e. The molecule has 0 aromatic heterocycles. The summed E-state index contributed by atoms with van der Waals surface area (Å²) in [5, 5.41) is 3.06. The summed E-state index contributed by atoms with van der Waals surface area (Å²) in [5.41, 5.74) is 0.504. The number of nitrogens with one attached hydrogen (secondary N) is 1. The first kappa shape index (κ1) is 12.5. The molecule has 94 valence electrons. The molecule has 0 spiro atoms. The lowest BCUT2D eigenvalue weighted by Crippen LogP contribution is -2.23. The van der Waals surface area contributed by atoms with Crippen LogP contribution in [0.4, 0.5) is 8.78 Å². The van der Waals surface area contributed by atoms with Crippen LogP contribution in [0.2, 0.25) is 0 Å². The number of benzene rings is 1. The van der Waals surface area contributed by atoms with Gasteiger partial charge in [-0.05, 0) is 32.4 Å². The molecule has 1 aromatic rings. The van der Waals surface area contributed by atoms with Crippen LogP contribution in [-0.2, 0) is 4.74 Å². The van der Waals surface area contributed by atoms with Crippen LogP contribution in [0.15, 0.2) is 18.2 Å². The lowest BCUT2D eigenvalue weighted by atomic mass is 9.99. The molecule has 0 bridgehead atoms. The molecule has 2 atom stereocenters. The highest BCUT2D eigenvalue weighted by Crippen LogP contribution is 2.26. The smallest absolute Gasteiger partial charge is 0.130 e. The van der Waals surface area contributed by atoms with Crippen molar-refractivity contribution in [2.75, 3.05) is 13.7 Å². The van der Waals surface area contributed by atoms with E-state index in [1.165, 1.54) is 12.1 Å². The van der Waals surface area contributed by atoms with Crippen LogP contribution in [0.5, 0.6) is 0 Å². The minimum absolute atomic E-state index is 0.126. The van der Waals surface area contributed by atoms with Gasteiger partial charge in [-0.3, -0.25) is 0 Å². The second-order valence-corrected chi connectivity index (χ2v) is 4.38. The highest BCUT2D eigenvalue weighted by Gasteiger charge is 2.22. The molecule has 4 heteroatoms. The number of hydrogen-bond acceptors (Lipinski definition) is 2. The fourth-order valence-electron chi connectivity index (χ4n) is 2.28. The van der Waals surface area contributed by atoms with Gasteiger partial charge in [0.15, 0.2) is 0 Å². The zero-order chi connectivity index (χ0) is 12.3. The van der Waals surface area contributed by atoms with Crippen molar-refractivity contribution in [2.24, 2.45) is 0 Å². The van der Waals surface area contributed by atoms with Crippen LogP contribution in [0.25, 0.3) is 0 Å². The van der Waals surface area contributed by atoms with Crippen molar-refractivity contribution >= 4 is 0 Å². The molecule has 0 aliphatic carbocycles. The fourth-order valence-corrected chi connectivity index (χ4v) is 2.28. The number of rotatable bonds is 4. The van der Waals surface area contributed by atoms with Gasteiger partial charge < -0.3 is 10.1 Å². The first-order valence-corrected chi connectivity index (χ1v) is 5.94. The van der Waals surface area contributed by atoms with E-state index in [1.54, 1.807) is 7.05 Å². The van der Waals surface area contributed by atoms with Crippen molar-refractivity contribution in [3.8, 4) is 0 Å². The molecule has 17 heavy (non-hydrogen) atoms. The second kappa shape index (κ2) is 5.56. The van der Waals surface area contributed by atoms with Crippen LogP contribution < -0.4 is 5.32 Å². The van der Waals surface area contributed by atoms with Gasteiger partial charge in [0.25, 0.3) is 0 Å². The van der Waals surface area contributed by atoms with Crippen LogP contribution >= 0.6 is 0 Å². The molecular weight excluding hydrogens is 224 g/mol. The molecule has 1 fully saturated rings. The minimum atomic E-state index is -0.543. The maximum Gasteiger partial charge on any atom is 0.130 e. The van der Waals surface area contributed by atoms with Crippen molar-refractivity contribution in [2.45, 2.75) is 31.4 Å². The van der Waals surface area contributed by atoms with Crippen LogP contribution in [0.3, 0.4) is 0 Å². The summed E-state index contributed by atoms with van der Waals surface area (Å²) in [7, 11) is 1.78. The average molecular weight is 241 g/mol. The van der Waals surface area contributed by atoms with Crippen molar-refractivity contribution in [1.29, 1.82) is 0 Å². The molecule has 1 N–H and O–H groups in total. The zero-order valence-corrected chi connectivity index (χ0v) is 9.88. The SMILES string of the molecule is CNC(CC1CCCO1)c1ccc(F)cc1F. The summed E-state index contributed by atoms with van der Waals surface area (Å²) in [6.45, 7) is 0.785. The zero-order valence-electron chi connectivity index (χ0n) is 9.88. The number of hydrogen-bond donors (Lipinski definition) is 1. The third kappa shape index (κ3) is 3.01. The highest BCUT2D eigenvalue weighted by atomic mass is 19.1. The molecule has 2 nitrogen and oxygen atoms in total. The lowest BCUT2D eigenvalue weighted by Gasteiger charge is -2.20. The molecule has 0 amide bonds. The topological polar surface area (TPSA) is 21.3 Å². The van der Waals surface area contributed by atoms with E-state index in [0.29, 0.717) is 5.56 Å². The van der Waals surface area contributed by atoms with Gasteiger partial charge >= 0.3 is 0 Å². The average Bonchev–Trinajstić information content (AvgIpc) is 2.79. The molecule has 0 radical (unpaired) electrons. The van der Waals surface area contributed by atoms with Crippen LogP contribution in [0.1, 0.15) is 30.9 Å². The summed E-state index contributed by atoms with van der Waals surface area (Å²) in [4.78, 5) is 0. The van der Waals surface area contributed by atoms with E-state index < -0.39 is 11.6 Å². The van der Waals surface area contributed by atoms with E-state index in [2.05, 4.69) is 5.32 Å². The third-order valence-electron chi connectivity index (χ3n) is 3.21. The monoisotopic (exact) mass is 241 g/mol. The maximum absolute atomic E-state index is 13.6. The third-order valence-corrected chi connectivity index (χ3v) is 3.21. The van der Waals surface area contributed by atoms with Gasteiger partial charge in [0.05, 0.1) is 6.10 Å². The first-order valence-electron chi connectivity index (χ1n) is 5.94. The lowest BCUT2D eigenvalue weighted by molar-refractivity contribution is 0.0950. The Balaban J connectivity index is 2.10. The first-order chi connectivity index (χ1) is 8.20. The highest BCUT2D eigenvalue weighted by molar-refractivity contribution is 5.22. The van der Waals surface area contributed by atoms with Gasteiger partial charge in [0.1, 0.15) is 11.6 Å². The molecule has 1 aliphatic heterocycles. The molecule has 1 saturated heterocycles.